The Hall–Kier alpha value is -1.55. The molecule has 0 aliphatic carbocycles. The number of para-hydroxylation sites is 1. The summed E-state index contributed by atoms with van der Waals surface area (Å²) < 4.78 is 0. The highest BCUT2D eigenvalue weighted by molar-refractivity contribution is 8.14. The van der Waals surface area contributed by atoms with Gasteiger partial charge < -0.3 is 5.32 Å². The molecule has 1 aromatic heterocycles. The largest absolute Gasteiger partial charge is 0.334 e. The average molecular weight is 257 g/mol. The molecule has 1 aliphatic rings. The monoisotopic (exact) mass is 257 g/mol. The summed E-state index contributed by atoms with van der Waals surface area (Å²) in [6.07, 6.45) is 1.86. The van der Waals surface area contributed by atoms with Crippen LogP contribution >= 0.6 is 11.8 Å². The van der Waals surface area contributed by atoms with Crippen molar-refractivity contribution >= 4 is 33.5 Å². The lowest BCUT2D eigenvalue weighted by atomic mass is 10.2. The van der Waals surface area contributed by atoms with E-state index >= 15 is 0 Å². The third kappa shape index (κ3) is 2.48. The molecule has 1 aliphatic heterocycles. The fourth-order valence-electron chi connectivity index (χ4n) is 1.90. The fourth-order valence-corrected chi connectivity index (χ4v) is 2.80. The van der Waals surface area contributed by atoms with Crippen molar-refractivity contribution in [2.45, 2.75) is 6.92 Å². The minimum Gasteiger partial charge on any atom is -0.334 e. The van der Waals surface area contributed by atoms with Gasteiger partial charge in [0.2, 0.25) is 0 Å². The molecule has 2 heterocycles. The van der Waals surface area contributed by atoms with Gasteiger partial charge in [0, 0.05) is 17.7 Å². The van der Waals surface area contributed by atoms with Gasteiger partial charge >= 0.3 is 0 Å². The summed E-state index contributed by atoms with van der Waals surface area (Å²) in [6.45, 7) is 3.14. The lowest BCUT2D eigenvalue weighted by Gasteiger charge is -2.17. The fraction of sp³-hybridized carbons (Fsp3) is 0.286. The van der Waals surface area contributed by atoms with Gasteiger partial charge in [0.05, 0.1) is 17.4 Å². The van der Waals surface area contributed by atoms with E-state index in [4.69, 9.17) is 0 Å². The third-order valence-electron chi connectivity index (χ3n) is 2.89. The topological polar surface area (TPSA) is 37.3 Å². The SMILES string of the molecule is CC1CN=C(Nc2cnc3ccccc3c2)SC1. The first kappa shape index (κ1) is 11.5. The average Bonchev–Trinajstić information content (AvgIpc) is 2.41. The number of amidine groups is 1. The molecule has 18 heavy (non-hydrogen) atoms. The van der Waals surface area contributed by atoms with Crippen LogP contribution in [0, 0.1) is 5.92 Å². The van der Waals surface area contributed by atoms with Crippen LogP contribution < -0.4 is 5.32 Å². The Labute approximate surface area is 111 Å². The molecule has 0 fully saturated rings. The molecular formula is C14H15N3S. The number of hydrogen-bond acceptors (Lipinski definition) is 4. The van der Waals surface area contributed by atoms with Crippen LogP contribution in [0.4, 0.5) is 5.69 Å². The van der Waals surface area contributed by atoms with Crippen LogP contribution in [0.5, 0.6) is 0 Å². The zero-order valence-electron chi connectivity index (χ0n) is 10.3. The maximum absolute atomic E-state index is 4.53. The minimum absolute atomic E-state index is 0.676. The molecule has 92 valence electrons. The number of anilines is 1. The lowest BCUT2D eigenvalue weighted by Crippen LogP contribution is -2.18. The van der Waals surface area contributed by atoms with Crippen molar-refractivity contribution in [3.8, 4) is 0 Å². The van der Waals surface area contributed by atoms with Crippen LogP contribution in [0.25, 0.3) is 10.9 Å². The summed E-state index contributed by atoms with van der Waals surface area (Å²) in [5.74, 6) is 1.81. The third-order valence-corrected chi connectivity index (χ3v) is 4.13. The second-order valence-corrected chi connectivity index (χ2v) is 5.61. The van der Waals surface area contributed by atoms with Crippen molar-refractivity contribution in [3.63, 3.8) is 0 Å². The number of thioether (sulfide) groups is 1. The van der Waals surface area contributed by atoms with E-state index in [2.05, 4.69) is 34.3 Å². The molecule has 4 heteroatoms. The van der Waals surface area contributed by atoms with Gasteiger partial charge in [0.25, 0.3) is 0 Å². The van der Waals surface area contributed by atoms with E-state index < -0.39 is 0 Å². The van der Waals surface area contributed by atoms with Crippen molar-refractivity contribution in [1.82, 2.24) is 4.98 Å². The Morgan fingerprint density at radius 2 is 2.22 bits per heavy atom. The molecule has 1 atom stereocenters. The molecule has 0 saturated heterocycles. The first-order valence-corrected chi connectivity index (χ1v) is 7.09. The number of aliphatic imine (C=N–C) groups is 1. The Balaban J connectivity index is 1.82. The summed E-state index contributed by atoms with van der Waals surface area (Å²) in [6, 6.07) is 10.2. The molecule has 0 amide bonds. The Bertz CT molecular complexity index is 594. The molecule has 3 nitrogen and oxygen atoms in total. The second kappa shape index (κ2) is 4.98. The van der Waals surface area contributed by atoms with Crippen molar-refractivity contribution in [3.05, 3.63) is 36.5 Å². The van der Waals surface area contributed by atoms with E-state index in [0.717, 1.165) is 34.1 Å². The van der Waals surface area contributed by atoms with Gasteiger partial charge in [-0.25, -0.2) is 0 Å². The highest BCUT2D eigenvalue weighted by Gasteiger charge is 2.12. The van der Waals surface area contributed by atoms with Gasteiger partial charge in [0.15, 0.2) is 5.17 Å². The van der Waals surface area contributed by atoms with E-state index in [1.165, 1.54) is 0 Å². The quantitative estimate of drug-likeness (QED) is 0.851. The number of aromatic nitrogens is 1. The normalized spacial score (nSPS) is 19.6. The van der Waals surface area contributed by atoms with Crippen molar-refractivity contribution in [2.75, 3.05) is 17.6 Å². The van der Waals surface area contributed by atoms with E-state index in [1.807, 2.05) is 24.4 Å². The van der Waals surface area contributed by atoms with Crippen LogP contribution in [-0.2, 0) is 0 Å². The molecular weight excluding hydrogens is 242 g/mol. The van der Waals surface area contributed by atoms with E-state index in [0.29, 0.717) is 5.92 Å². The number of pyridine rings is 1. The zero-order chi connectivity index (χ0) is 12.4. The van der Waals surface area contributed by atoms with Gasteiger partial charge in [-0.15, -0.1) is 0 Å². The predicted molar refractivity (Wildman–Crippen MR) is 79.3 cm³/mol. The molecule has 3 rings (SSSR count). The summed E-state index contributed by atoms with van der Waals surface area (Å²) in [4.78, 5) is 8.96. The second-order valence-electron chi connectivity index (χ2n) is 4.60. The lowest BCUT2D eigenvalue weighted by molar-refractivity contribution is 0.674. The first-order valence-electron chi connectivity index (χ1n) is 6.10. The smallest absolute Gasteiger partial charge is 0.161 e. The molecule has 1 N–H and O–H groups in total. The van der Waals surface area contributed by atoms with Crippen LogP contribution in [0.3, 0.4) is 0 Å². The van der Waals surface area contributed by atoms with Gasteiger partial charge in [0.1, 0.15) is 0 Å². The highest BCUT2D eigenvalue weighted by Crippen LogP contribution is 2.21. The van der Waals surface area contributed by atoms with Gasteiger partial charge in [-0.2, -0.15) is 0 Å². The zero-order valence-corrected chi connectivity index (χ0v) is 11.1. The maximum Gasteiger partial charge on any atom is 0.161 e. The molecule has 0 spiro atoms. The van der Waals surface area contributed by atoms with E-state index in [1.54, 1.807) is 11.8 Å². The molecule has 0 radical (unpaired) electrons. The Morgan fingerprint density at radius 3 is 3.06 bits per heavy atom. The van der Waals surface area contributed by atoms with E-state index in [9.17, 15) is 0 Å². The van der Waals surface area contributed by atoms with Crippen LogP contribution in [-0.4, -0.2) is 22.4 Å². The summed E-state index contributed by atoms with van der Waals surface area (Å²) >= 11 is 1.78. The standard InChI is InChI=1S/C14H15N3S/c1-10-7-16-14(18-9-10)17-12-6-11-4-2-3-5-13(11)15-8-12/h2-6,8,10H,7,9H2,1H3,(H,16,17). The maximum atomic E-state index is 4.53. The van der Waals surface area contributed by atoms with Crippen LogP contribution in [0.1, 0.15) is 6.92 Å². The number of rotatable bonds is 1. The molecule has 0 bridgehead atoms. The summed E-state index contributed by atoms with van der Waals surface area (Å²) in [5.41, 5.74) is 2.03. The first-order chi connectivity index (χ1) is 8.81. The Kier molecular flexibility index (Phi) is 3.19. The number of nitrogens with zero attached hydrogens (tertiary/aromatic N) is 2. The number of hydrogen-bond donors (Lipinski definition) is 1. The molecule has 2 aromatic rings. The van der Waals surface area contributed by atoms with Gasteiger partial charge in [-0.1, -0.05) is 36.9 Å². The Morgan fingerprint density at radius 1 is 1.33 bits per heavy atom. The molecule has 0 saturated carbocycles. The van der Waals surface area contributed by atoms with Crippen molar-refractivity contribution in [1.29, 1.82) is 0 Å². The van der Waals surface area contributed by atoms with Gasteiger partial charge in [-0.3, -0.25) is 9.98 Å². The van der Waals surface area contributed by atoms with Gasteiger partial charge in [-0.05, 0) is 18.1 Å². The van der Waals surface area contributed by atoms with Crippen LogP contribution in [0.15, 0.2) is 41.5 Å². The van der Waals surface area contributed by atoms with Crippen molar-refractivity contribution < 1.29 is 0 Å². The van der Waals surface area contributed by atoms with E-state index in [-0.39, 0.29) is 0 Å². The highest BCUT2D eigenvalue weighted by atomic mass is 32.2. The summed E-state index contributed by atoms with van der Waals surface area (Å²) in [5, 5.41) is 5.50. The molecule has 1 unspecified atom stereocenters. The number of nitrogens with one attached hydrogen (secondary N) is 1. The number of benzene rings is 1. The predicted octanol–water partition coefficient (Wildman–Crippen LogP) is 3.39. The molecule has 1 aromatic carbocycles. The summed E-state index contributed by atoms with van der Waals surface area (Å²) in [7, 11) is 0. The van der Waals surface area contributed by atoms with Crippen LogP contribution in [0.2, 0.25) is 0 Å². The minimum atomic E-state index is 0.676. The van der Waals surface area contributed by atoms with Crippen molar-refractivity contribution in [2.24, 2.45) is 10.9 Å². The number of fused-ring (bicyclic) bond motifs is 1.